The van der Waals surface area contributed by atoms with Crippen molar-refractivity contribution in [3.63, 3.8) is 0 Å². The fourth-order valence-electron chi connectivity index (χ4n) is 5.04. The number of para-hydroxylation sites is 2. The number of ketones is 1. The number of benzene rings is 3. The van der Waals surface area contributed by atoms with Gasteiger partial charge in [0.05, 0.1) is 24.5 Å². The van der Waals surface area contributed by atoms with E-state index in [4.69, 9.17) is 4.74 Å². The molecule has 1 N–H and O–H groups in total. The lowest BCUT2D eigenvalue weighted by Gasteiger charge is -2.37. The summed E-state index contributed by atoms with van der Waals surface area (Å²) in [5, 5.41) is 3.50. The second kappa shape index (κ2) is 8.69. The highest BCUT2D eigenvalue weighted by atomic mass is 19.1. The predicted octanol–water partition coefficient (Wildman–Crippen LogP) is 6.29. The fraction of sp³-hybridized carbons (Fsp3) is 0.241. The van der Waals surface area contributed by atoms with Gasteiger partial charge in [0.2, 0.25) is 0 Å². The first-order chi connectivity index (χ1) is 16.8. The number of rotatable bonds is 3. The summed E-state index contributed by atoms with van der Waals surface area (Å²) in [4.78, 5) is 29.4. The summed E-state index contributed by atoms with van der Waals surface area (Å²) in [5.41, 5.74) is 3.74. The second-order valence-electron chi connectivity index (χ2n) is 9.83. The molecule has 1 amide bonds. The van der Waals surface area contributed by atoms with Gasteiger partial charge in [-0.25, -0.2) is 4.39 Å². The van der Waals surface area contributed by atoms with Crippen molar-refractivity contribution in [3.05, 3.63) is 101 Å². The Morgan fingerprint density at radius 3 is 2.37 bits per heavy atom. The average Bonchev–Trinajstić information content (AvgIpc) is 2.97. The van der Waals surface area contributed by atoms with Crippen molar-refractivity contribution in [2.24, 2.45) is 5.41 Å². The molecule has 1 atom stereocenters. The summed E-state index contributed by atoms with van der Waals surface area (Å²) in [6.45, 7) is 4.16. The molecule has 1 aliphatic carbocycles. The molecule has 5 nitrogen and oxygen atoms in total. The van der Waals surface area contributed by atoms with E-state index in [1.165, 1.54) is 24.3 Å². The van der Waals surface area contributed by atoms with Gasteiger partial charge in [-0.2, -0.15) is 0 Å². The Labute approximate surface area is 204 Å². The van der Waals surface area contributed by atoms with Crippen LogP contribution < -0.4 is 15.0 Å². The van der Waals surface area contributed by atoms with Crippen LogP contribution in [0.5, 0.6) is 5.75 Å². The minimum atomic E-state index is -0.659. The molecule has 0 saturated carbocycles. The molecule has 1 heterocycles. The minimum absolute atomic E-state index is 0.00859. The monoisotopic (exact) mass is 470 g/mol. The lowest BCUT2D eigenvalue weighted by Crippen LogP contribution is -2.39. The van der Waals surface area contributed by atoms with E-state index in [1.807, 2.05) is 48.5 Å². The second-order valence-corrected chi connectivity index (χ2v) is 9.83. The van der Waals surface area contributed by atoms with Gasteiger partial charge in [0.15, 0.2) is 5.78 Å². The highest BCUT2D eigenvalue weighted by molar-refractivity contribution is 6.12. The number of nitrogens with zero attached hydrogens (tertiary/aromatic N) is 1. The molecule has 5 rings (SSSR count). The topological polar surface area (TPSA) is 58.6 Å². The first-order valence-corrected chi connectivity index (χ1v) is 11.6. The summed E-state index contributed by atoms with van der Waals surface area (Å²) in [7, 11) is 1.60. The number of fused-ring (bicyclic) bond motifs is 1. The molecule has 0 spiro atoms. The third-order valence-corrected chi connectivity index (χ3v) is 6.64. The number of methoxy groups -OCH3 is 1. The molecule has 0 aromatic heterocycles. The van der Waals surface area contributed by atoms with E-state index in [0.29, 0.717) is 35.4 Å². The Morgan fingerprint density at radius 2 is 1.69 bits per heavy atom. The zero-order chi connectivity index (χ0) is 24.7. The number of carbonyl (C=O) groups is 2. The molecular weight excluding hydrogens is 443 g/mol. The van der Waals surface area contributed by atoms with Crippen LogP contribution in [0.25, 0.3) is 0 Å². The van der Waals surface area contributed by atoms with Gasteiger partial charge in [-0.05, 0) is 65.9 Å². The number of amides is 1. The number of halogens is 1. The summed E-state index contributed by atoms with van der Waals surface area (Å²) >= 11 is 0. The van der Waals surface area contributed by atoms with Crippen LogP contribution in [0.1, 0.15) is 48.7 Å². The quantitative estimate of drug-likeness (QED) is 0.489. The minimum Gasteiger partial charge on any atom is -0.497 e. The van der Waals surface area contributed by atoms with Crippen molar-refractivity contribution in [2.75, 3.05) is 17.3 Å². The van der Waals surface area contributed by atoms with E-state index in [-0.39, 0.29) is 17.1 Å². The summed E-state index contributed by atoms with van der Waals surface area (Å²) in [5.74, 6) is -0.0378. The Morgan fingerprint density at radius 1 is 1.00 bits per heavy atom. The van der Waals surface area contributed by atoms with Crippen LogP contribution in [0.15, 0.2) is 84.1 Å². The number of nitrogens with one attached hydrogen (secondary N) is 1. The first-order valence-electron chi connectivity index (χ1n) is 11.6. The molecule has 3 aromatic carbocycles. The number of hydrogen-bond acceptors (Lipinski definition) is 4. The van der Waals surface area contributed by atoms with Crippen LogP contribution in [0.2, 0.25) is 0 Å². The summed E-state index contributed by atoms with van der Waals surface area (Å²) in [6, 6.07) is 19.8. The predicted molar refractivity (Wildman–Crippen MR) is 134 cm³/mol. The van der Waals surface area contributed by atoms with Crippen molar-refractivity contribution in [1.29, 1.82) is 0 Å². The van der Waals surface area contributed by atoms with Gasteiger partial charge < -0.3 is 10.1 Å². The number of anilines is 2. The number of hydrogen-bond donors (Lipinski definition) is 1. The highest BCUT2D eigenvalue weighted by Crippen LogP contribution is 2.48. The molecule has 0 unspecified atom stereocenters. The van der Waals surface area contributed by atoms with Crippen LogP contribution in [0.4, 0.5) is 15.8 Å². The standard InChI is InChI=1S/C29H27FN2O3/c1-29(2)16-23-26(25(33)17-29)27(18-10-14-21(35-3)15-11-18)32(24-7-5-4-6-22(24)31-23)28(34)19-8-12-20(30)13-9-19/h4-15,27,31H,16-17H2,1-3H3/t27-/m0/s1. The zero-order valence-corrected chi connectivity index (χ0v) is 20.0. The number of allylic oxidation sites excluding steroid dienone is 1. The highest BCUT2D eigenvalue weighted by Gasteiger charge is 2.43. The van der Waals surface area contributed by atoms with Gasteiger partial charge in [0.1, 0.15) is 11.6 Å². The Hall–Kier alpha value is -3.93. The van der Waals surface area contributed by atoms with Crippen LogP contribution >= 0.6 is 0 Å². The van der Waals surface area contributed by atoms with Gasteiger partial charge in [0.25, 0.3) is 5.91 Å². The van der Waals surface area contributed by atoms with Crippen molar-refractivity contribution in [3.8, 4) is 5.75 Å². The maximum absolute atomic E-state index is 14.1. The van der Waals surface area contributed by atoms with E-state index < -0.39 is 11.9 Å². The number of Topliss-reactive ketones (excluding diaryl/α,β-unsaturated/α-hetero) is 1. The van der Waals surface area contributed by atoms with Crippen molar-refractivity contribution in [2.45, 2.75) is 32.7 Å². The molecule has 6 heteroatoms. The number of ether oxygens (including phenoxy) is 1. The molecule has 2 aliphatic rings. The Kier molecular flexibility index (Phi) is 5.67. The third-order valence-electron chi connectivity index (χ3n) is 6.64. The van der Waals surface area contributed by atoms with Gasteiger partial charge >= 0.3 is 0 Å². The first kappa shape index (κ1) is 22.8. The SMILES string of the molecule is COc1ccc([C@H]2C3=C(CC(C)(C)CC3=O)Nc3ccccc3N2C(=O)c2ccc(F)cc2)cc1. The lowest BCUT2D eigenvalue weighted by atomic mass is 9.73. The van der Waals surface area contributed by atoms with E-state index in [1.54, 1.807) is 12.0 Å². The lowest BCUT2D eigenvalue weighted by molar-refractivity contribution is -0.118. The molecule has 0 radical (unpaired) electrons. The van der Waals surface area contributed by atoms with Gasteiger partial charge in [0, 0.05) is 23.3 Å². The van der Waals surface area contributed by atoms with Crippen molar-refractivity contribution in [1.82, 2.24) is 0 Å². The van der Waals surface area contributed by atoms with Crippen LogP contribution in [0, 0.1) is 11.2 Å². The zero-order valence-electron chi connectivity index (χ0n) is 20.0. The van der Waals surface area contributed by atoms with Crippen molar-refractivity contribution >= 4 is 23.1 Å². The van der Waals surface area contributed by atoms with Crippen molar-refractivity contribution < 1.29 is 18.7 Å². The molecule has 0 bridgehead atoms. The number of carbonyl (C=O) groups excluding carboxylic acids is 2. The van der Waals surface area contributed by atoms with Crippen LogP contribution in [-0.2, 0) is 4.79 Å². The molecular formula is C29H27FN2O3. The van der Waals surface area contributed by atoms with Crippen LogP contribution in [-0.4, -0.2) is 18.8 Å². The van der Waals surface area contributed by atoms with Gasteiger partial charge in [-0.3, -0.25) is 14.5 Å². The maximum Gasteiger partial charge on any atom is 0.259 e. The van der Waals surface area contributed by atoms with Gasteiger partial charge in [-0.1, -0.05) is 38.1 Å². The Balaban J connectivity index is 1.77. The fourth-order valence-corrected chi connectivity index (χ4v) is 5.04. The van der Waals surface area contributed by atoms with E-state index in [2.05, 4.69) is 19.2 Å². The van der Waals surface area contributed by atoms with E-state index in [0.717, 1.165) is 16.9 Å². The smallest absolute Gasteiger partial charge is 0.259 e. The molecule has 1 aliphatic heterocycles. The summed E-state index contributed by atoms with van der Waals surface area (Å²) in [6.07, 6.45) is 1.06. The molecule has 0 fully saturated rings. The molecule has 35 heavy (non-hydrogen) atoms. The maximum atomic E-state index is 14.1. The average molecular weight is 471 g/mol. The molecule has 0 saturated heterocycles. The van der Waals surface area contributed by atoms with Crippen LogP contribution in [0.3, 0.4) is 0 Å². The molecule has 3 aromatic rings. The van der Waals surface area contributed by atoms with E-state index in [9.17, 15) is 14.0 Å². The molecule has 178 valence electrons. The largest absolute Gasteiger partial charge is 0.497 e. The van der Waals surface area contributed by atoms with E-state index >= 15 is 0 Å². The summed E-state index contributed by atoms with van der Waals surface area (Å²) < 4.78 is 19.0. The normalized spacial score (nSPS) is 18.8. The Bertz CT molecular complexity index is 1330. The van der Waals surface area contributed by atoms with Gasteiger partial charge in [-0.15, -0.1) is 0 Å². The third kappa shape index (κ3) is 4.20.